The van der Waals surface area contributed by atoms with Gasteiger partial charge >= 0.3 is 0 Å². The Morgan fingerprint density at radius 3 is 2.54 bits per heavy atom. The van der Waals surface area contributed by atoms with Gasteiger partial charge in [-0.05, 0) is 18.2 Å². The second kappa shape index (κ2) is 6.38. The molecule has 1 aromatic heterocycles. The van der Waals surface area contributed by atoms with E-state index in [1.807, 2.05) is 44.3 Å². The van der Waals surface area contributed by atoms with Gasteiger partial charge in [-0.1, -0.05) is 44.2 Å². The number of aromatic nitrogens is 1. The van der Waals surface area contributed by atoms with Gasteiger partial charge in [-0.3, -0.25) is 5.21 Å². The van der Waals surface area contributed by atoms with Crippen LogP contribution in [-0.2, 0) is 0 Å². The third kappa shape index (κ3) is 2.68. The predicted molar refractivity (Wildman–Crippen MR) is 99.9 cm³/mol. The lowest BCUT2D eigenvalue weighted by Crippen LogP contribution is -2.41. The van der Waals surface area contributed by atoms with Crippen molar-refractivity contribution < 1.29 is 9.60 Å². The van der Waals surface area contributed by atoms with Crippen molar-refractivity contribution in [3.05, 3.63) is 71.7 Å². The third-order valence-corrected chi connectivity index (χ3v) is 4.57. The Morgan fingerprint density at radius 1 is 1.08 bits per heavy atom. The molecular formula is C20H19FN4O. The Balaban J connectivity index is 1.89. The van der Waals surface area contributed by atoms with Crippen LogP contribution >= 0.6 is 0 Å². The maximum Gasteiger partial charge on any atom is 0.154 e. The number of hydrogen-bond donors (Lipinski definition) is 2. The lowest BCUT2D eigenvalue weighted by molar-refractivity contribution is -0.0397. The van der Waals surface area contributed by atoms with E-state index >= 15 is 0 Å². The molecule has 0 aliphatic carbocycles. The fraction of sp³-hybridized carbons (Fsp3) is 0.200. The molecule has 1 aliphatic heterocycles. The summed E-state index contributed by atoms with van der Waals surface area (Å²) in [4.78, 5) is 3.24. The molecule has 2 N–H and O–H groups in total. The van der Waals surface area contributed by atoms with Crippen LogP contribution in [-0.4, -0.2) is 26.8 Å². The van der Waals surface area contributed by atoms with Gasteiger partial charge in [-0.15, -0.1) is 5.10 Å². The van der Waals surface area contributed by atoms with Crippen molar-refractivity contribution in [2.75, 3.05) is 0 Å². The predicted octanol–water partition coefficient (Wildman–Crippen LogP) is 4.51. The Kier molecular flexibility index (Phi) is 4.05. The number of hydrogen-bond acceptors (Lipinski definition) is 4. The van der Waals surface area contributed by atoms with Gasteiger partial charge in [0.1, 0.15) is 17.6 Å². The van der Waals surface area contributed by atoms with Crippen molar-refractivity contribution in [3.63, 3.8) is 0 Å². The van der Waals surface area contributed by atoms with E-state index in [9.17, 15) is 9.60 Å². The van der Waals surface area contributed by atoms with Gasteiger partial charge in [0.2, 0.25) is 0 Å². The minimum atomic E-state index is -0.536. The maximum absolute atomic E-state index is 13.3. The fourth-order valence-corrected chi connectivity index (χ4v) is 3.27. The number of aromatic amines is 1. The van der Waals surface area contributed by atoms with E-state index in [4.69, 9.17) is 0 Å². The number of fused-ring (bicyclic) bond motifs is 1. The van der Waals surface area contributed by atoms with Crippen LogP contribution in [0.15, 0.2) is 64.9 Å². The number of amidine groups is 1. The number of benzene rings is 2. The lowest BCUT2D eigenvalue weighted by Gasteiger charge is -2.33. The number of H-pyrrole nitrogens is 1. The number of rotatable bonds is 3. The molecule has 6 heteroatoms. The van der Waals surface area contributed by atoms with Crippen molar-refractivity contribution in [2.45, 2.75) is 19.9 Å². The molecule has 0 amide bonds. The molecule has 0 bridgehead atoms. The number of halogens is 1. The summed E-state index contributed by atoms with van der Waals surface area (Å²) in [5, 5.41) is 21.7. The molecular weight excluding hydrogens is 331 g/mol. The molecule has 1 atom stereocenters. The van der Waals surface area contributed by atoms with Gasteiger partial charge in [-0.25, -0.2) is 9.45 Å². The molecule has 2 aromatic carbocycles. The largest absolute Gasteiger partial charge is 0.361 e. The SMILES string of the molecule is CC(C)C1=NN=C(c2ccc(F)cc2)C(c2c[nH]c3ccccc23)N1O. The molecule has 4 rings (SSSR count). The average Bonchev–Trinajstić information content (AvgIpc) is 3.05. The molecule has 0 saturated heterocycles. The van der Waals surface area contributed by atoms with Crippen LogP contribution < -0.4 is 0 Å². The maximum atomic E-state index is 13.3. The van der Waals surface area contributed by atoms with E-state index in [0.29, 0.717) is 17.1 Å². The summed E-state index contributed by atoms with van der Waals surface area (Å²) < 4.78 is 13.3. The smallest absolute Gasteiger partial charge is 0.154 e. The van der Waals surface area contributed by atoms with Crippen LogP contribution in [0.1, 0.15) is 31.0 Å². The van der Waals surface area contributed by atoms with E-state index in [-0.39, 0.29) is 11.7 Å². The molecule has 0 fully saturated rings. The van der Waals surface area contributed by atoms with Gasteiger partial charge in [0.25, 0.3) is 0 Å². The molecule has 5 nitrogen and oxygen atoms in total. The molecule has 0 saturated carbocycles. The highest BCUT2D eigenvalue weighted by molar-refractivity contribution is 6.09. The molecule has 26 heavy (non-hydrogen) atoms. The summed E-state index contributed by atoms with van der Waals surface area (Å²) in [6, 6.07) is 13.4. The van der Waals surface area contributed by atoms with E-state index < -0.39 is 6.04 Å². The highest BCUT2D eigenvalue weighted by Gasteiger charge is 2.34. The molecule has 0 radical (unpaired) electrons. The lowest BCUT2D eigenvalue weighted by atomic mass is 9.94. The summed E-state index contributed by atoms with van der Waals surface area (Å²) in [6.45, 7) is 3.90. The topological polar surface area (TPSA) is 64.0 Å². The summed E-state index contributed by atoms with van der Waals surface area (Å²) in [6.07, 6.45) is 1.88. The van der Waals surface area contributed by atoms with E-state index in [1.54, 1.807) is 12.1 Å². The number of nitrogens with zero attached hydrogens (tertiary/aromatic N) is 3. The first-order valence-corrected chi connectivity index (χ1v) is 8.51. The highest BCUT2D eigenvalue weighted by atomic mass is 19.1. The normalized spacial score (nSPS) is 17.6. The minimum Gasteiger partial charge on any atom is -0.361 e. The molecule has 0 spiro atoms. The first-order valence-electron chi connectivity index (χ1n) is 8.51. The zero-order valence-electron chi connectivity index (χ0n) is 14.5. The second-order valence-corrected chi connectivity index (χ2v) is 6.64. The van der Waals surface area contributed by atoms with Crippen LogP contribution in [0.25, 0.3) is 10.9 Å². The summed E-state index contributed by atoms with van der Waals surface area (Å²) in [5.74, 6) is 0.179. The minimum absolute atomic E-state index is 0.00576. The van der Waals surface area contributed by atoms with Crippen LogP contribution in [0, 0.1) is 11.7 Å². The fourth-order valence-electron chi connectivity index (χ4n) is 3.27. The number of hydroxylamine groups is 2. The summed E-state index contributed by atoms with van der Waals surface area (Å²) in [7, 11) is 0. The van der Waals surface area contributed by atoms with Crippen molar-refractivity contribution >= 4 is 22.5 Å². The monoisotopic (exact) mass is 350 g/mol. The zero-order valence-corrected chi connectivity index (χ0v) is 14.5. The van der Waals surface area contributed by atoms with Crippen LogP contribution in [0.2, 0.25) is 0 Å². The van der Waals surface area contributed by atoms with Crippen LogP contribution in [0.4, 0.5) is 4.39 Å². The standard InChI is InChI=1S/C20H19FN4O/c1-12(2)20-24-23-18(13-7-9-14(21)10-8-13)19(25(20)26)16-11-22-17-6-4-3-5-15(16)17/h3-12,19,22,26H,1-2H3. The van der Waals surface area contributed by atoms with E-state index in [2.05, 4.69) is 15.2 Å². The quantitative estimate of drug-likeness (QED) is 0.730. The van der Waals surface area contributed by atoms with Gasteiger partial charge < -0.3 is 4.98 Å². The van der Waals surface area contributed by atoms with E-state index in [1.165, 1.54) is 17.2 Å². The van der Waals surface area contributed by atoms with Crippen LogP contribution in [0.5, 0.6) is 0 Å². The summed E-state index contributed by atoms with van der Waals surface area (Å²) in [5.41, 5.74) is 3.15. The number of para-hydroxylation sites is 1. The first-order chi connectivity index (χ1) is 12.6. The van der Waals surface area contributed by atoms with Crippen molar-refractivity contribution in [2.24, 2.45) is 16.1 Å². The molecule has 1 unspecified atom stereocenters. The van der Waals surface area contributed by atoms with Crippen molar-refractivity contribution in [3.8, 4) is 0 Å². The second-order valence-electron chi connectivity index (χ2n) is 6.64. The average molecular weight is 350 g/mol. The van der Waals surface area contributed by atoms with Gasteiger partial charge in [0.15, 0.2) is 5.84 Å². The van der Waals surface area contributed by atoms with Crippen LogP contribution in [0.3, 0.4) is 0 Å². The van der Waals surface area contributed by atoms with E-state index in [0.717, 1.165) is 16.5 Å². The van der Waals surface area contributed by atoms with Gasteiger partial charge in [0.05, 0.1) is 0 Å². The highest BCUT2D eigenvalue weighted by Crippen LogP contribution is 2.34. The molecule has 3 aromatic rings. The Labute approximate surface area is 150 Å². The van der Waals surface area contributed by atoms with Crippen molar-refractivity contribution in [1.29, 1.82) is 0 Å². The first kappa shape index (κ1) is 16.5. The molecule has 2 heterocycles. The van der Waals surface area contributed by atoms with Gasteiger partial charge in [-0.2, -0.15) is 5.10 Å². The molecule has 1 aliphatic rings. The Morgan fingerprint density at radius 2 is 1.81 bits per heavy atom. The Hall–Kier alpha value is -2.99. The molecule has 132 valence electrons. The summed E-state index contributed by atoms with van der Waals surface area (Å²) >= 11 is 0. The third-order valence-electron chi connectivity index (χ3n) is 4.57. The van der Waals surface area contributed by atoms with Gasteiger partial charge in [0, 0.05) is 34.1 Å². The number of nitrogens with one attached hydrogen (secondary N) is 1. The Bertz CT molecular complexity index is 1000. The zero-order chi connectivity index (χ0) is 18.3. The van der Waals surface area contributed by atoms with Crippen molar-refractivity contribution in [1.82, 2.24) is 10.0 Å².